The molecule has 0 bridgehead atoms. The van der Waals surface area contributed by atoms with Gasteiger partial charge in [-0.2, -0.15) is 4.39 Å². The van der Waals surface area contributed by atoms with E-state index in [2.05, 4.69) is 5.32 Å². The van der Waals surface area contributed by atoms with Crippen molar-refractivity contribution in [1.82, 2.24) is 0 Å². The second-order valence-electron chi connectivity index (χ2n) is 3.98. The van der Waals surface area contributed by atoms with Gasteiger partial charge < -0.3 is 5.32 Å². The Morgan fingerprint density at radius 2 is 1.81 bits per heavy atom. The summed E-state index contributed by atoms with van der Waals surface area (Å²) in [6.07, 6.45) is 0. The molecule has 0 aromatic heterocycles. The zero-order valence-corrected chi connectivity index (χ0v) is 10.3. The zero-order chi connectivity index (χ0) is 15.6. The Balaban J connectivity index is 2.30. The van der Waals surface area contributed by atoms with Crippen molar-refractivity contribution in [3.63, 3.8) is 0 Å². The summed E-state index contributed by atoms with van der Waals surface area (Å²) in [6.45, 7) is 0. The van der Waals surface area contributed by atoms with Crippen molar-refractivity contribution in [3.05, 3.63) is 69.5 Å². The third-order valence-corrected chi connectivity index (χ3v) is 2.60. The Bertz CT molecular complexity index is 735. The number of halogens is 3. The second kappa shape index (κ2) is 5.61. The van der Waals surface area contributed by atoms with E-state index in [1.54, 1.807) is 0 Å². The molecule has 2 rings (SSSR count). The van der Waals surface area contributed by atoms with Crippen LogP contribution < -0.4 is 5.32 Å². The molecule has 1 N–H and O–H groups in total. The standard InChI is InChI=1S/C13H7F3N2O3/c14-9-5-4-7(6-11(9)18(20)21)17-13(19)8-2-1-3-10(15)12(8)16/h1-6H,(H,17,19). The molecule has 2 aromatic rings. The van der Waals surface area contributed by atoms with Crippen LogP contribution in [0.4, 0.5) is 24.5 Å². The SMILES string of the molecule is O=C(Nc1ccc(F)c([N+](=O)[O-])c1)c1cccc(F)c1F. The topological polar surface area (TPSA) is 72.2 Å². The van der Waals surface area contributed by atoms with E-state index in [4.69, 9.17) is 0 Å². The summed E-state index contributed by atoms with van der Waals surface area (Å²) >= 11 is 0. The maximum atomic E-state index is 13.4. The predicted molar refractivity (Wildman–Crippen MR) is 67.4 cm³/mol. The molecule has 0 radical (unpaired) electrons. The van der Waals surface area contributed by atoms with Gasteiger partial charge in [0.05, 0.1) is 10.5 Å². The monoisotopic (exact) mass is 296 g/mol. The molecule has 0 aliphatic rings. The summed E-state index contributed by atoms with van der Waals surface area (Å²) in [5.41, 5.74) is -1.52. The van der Waals surface area contributed by atoms with Gasteiger partial charge in [0.1, 0.15) is 0 Å². The molecule has 0 heterocycles. The Hall–Kier alpha value is -2.90. The minimum absolute atomic E-state index is 0.114. The lowest BCUT2D eigenvalue weighted by Crippen LogP contribution is -2.14. The molecule has 0 atom stereocenters. The van der Waals surface area contributed by atoms with Crippen molar-refractivity contribution in [2.45, 2.75) is 0 Å². The molecule has 1 amide bonds. The number of amides is 1. The number of rotatable bonds is 3. The highest BCUT2D eigenvalue weighted by Crippen LogP contribution is 2.22. The van der Waals surface area contributed by atoms with Gasteiger partial charge in [-0.15, -0.1) is 0 Å². The van der Waals surface area contributed by atoms with Crippen molar-refractivity contribution < 1.29 is 22.9 Å². The van der Waals surface area contributed by atoms with Gasteiger partial charge in [0, 0.05) is 11.8 Å². The maximum Gasteiger partial charge on any atom is 0.306 e. The number of nitro benzene ring substituents is 1. The third-order valence-electron chi connectivity index (χ3n) is 2.60. The van der Waals surface area contributed by atoms with Crippen molar-refractivity contribution >= 4 is 17.3 Å². The van der Waals surface area contributed by atoms with Crippen molar-refractivity contribution in [3.8, 4) is 0 Å². The number of hydrogen-bond acceptors (Lipinski definition) is 3. The van der Waals surface area contributed by atoms with E-state index < -0.39 is 39.5 Å². The number of benzene rings is 2. The molecule has 21 heavy (non-hydrogen) atoms. The third kappa shape index (κ3) is 2.99. The lowest BCUT2D eigenvalue weighted by atomic mass is 10.2. The van der Waals surface area contributed by atoms with Gasteiger partial charge in [-0.1, -0.05) is 6.07 Å². The molecule has 0 spiro atoms. The molecule has 8 heteroatoms. The average Bonchev–Trinajstić information content (AvgIpc) is 2.43. The van der Waals surface area contributed by atoms with Gasteiger partial charge in [-0.3, -0.25) is 14.9 Å². The quantitative estimate of drug-likeness (QED) is 0.698. The first-order chi connectivity index (χ1) is 9.90. The molecule has 2 aromatic carbocycles. The molecule has 0 aliphatic heterocycles. The van der Waals surface area contributed by atoms with Crippen LogP contribution in [0.25, 0.3) is 0 Å². The highest BCUT2D eigenvalue weighted by atomic mass is 19.2. The number of anilines is 1. The molecule has 0 fully saturated rings. The highest BCUT2D eigenvalue weighted by molar-refractivity contribution is 6.04. The fourth-order valence-electron chi connectivity index (χ4n) is 1.61. The number of nitrogens with zero attached hydrogens (tertiary/aromatic N) is 1. The van der Waals surface area contributed by atoms with E-state index in [0.29, 0.717) is 0 Å². The van der Waals surface area contributed by atoms with Gasteiger partial charge >= 0.3 is 5.69 Å². The van der Waals surface area contributed by atoms with E-state index in [1.807, 2.05) is 0 Å². The molecular formula is C13H7F3N2O3. The molecular weight excluding hydrogens is 289 g/mol. The summed E-state index contributed by atoms with van der Waals surface area (Å²) in [7, 11) is 0. The van der Waals surface area contributed by atoms with E-state index >= 15 is 0 Å². The molecule has 5 nitrogen and oxygen atoms in total. The molecule has 0 unspecified atom stereocenters. The lowest BCUT2D eigenvalue weighted by molar-refractivity contribution is -0.387. The van der Waals surface area contributed by atoms with Crippen LogP contribution in [0.3, 0.4) is 0 Å². The average molecular weight is 296 g/mol. The van der Waals surface area contributed by atoms with Crippen LogP contribution in [0.2, 0.25) is 0 Å². The number of carbonyl (C=O) groups excluding carboxylic acids is 1. The number of nitro groups is 1. The number of carbonyl (C=O) groups is 1. The maximum absolute atomic E-state index is 13.4. The first-order valence-electron chi connectivity index (χ1n) is 5.59. The summed E-state index contributed by atoms with van der Waals surface area (Å²) < 4.78 is 39.6. The van der Waals surface area contributed by atoms with Crippen LogP contribution in [-0.4, -0.2) is 10.8 Å². The first kappa shape index (κ1) is 14.5. The van der Waals surface area contributed by atoms with Gasteiger partial charge in [0.2, 0.25) is 5.82 Å². The molecule has 0 saturated heterocycles. The molecule has 0 saturated carbocycles. The molecule has 0 aliphatic carbocycles. The van der Waals surface area contributed by atoms with Crippen LogP contribution in [0.5, 0.6) is 0 Å². The minimum atomic E-state index is -1.34. The smallest absolute Gasteiger partial charge is 0.306 e. The van der Waals surface area contributed by atoms with Gasteiger partial charge in [0.15, 0.2) is 11.6 Å². The van der Waals surface area contributed by atoms with E-state index in [-0.39, 0.29) is 5.69 Å². The fraction of sp³-hybridized carbons (Fsp3) is 0. The van der Waals surface area contributed by atoms with E-state index in [9.17, 15) is 28.1 Å². The van der Waals surface area contributed by atoms with Crippen molar-refractivity contribution in [1.29, 1.82) is 0 Å². The van der Waals surface area contributed by atoms with Gasteiger partial charge in [-0.25, -0.2) is 8.78 Å². The largest absolute Gasteiger partial charge is 0.322 e. The Morgan fingerprint density at radius 1 is 1.10 bits per heavy atom. The normalized spacial score (nSPS) is 10.2. The summed E-state index contributed by atoms with van der Waals surface area (Å²) in [5, 5.41) is 12.7. The molecule has 108 valence electrons. The number of nitrogens with one attached hydrogen (secondary N) is 1. The van der Waals surface area contributed by atoms with Crippen molar-refractivity contribution in [2.24, 2.45) is 0 Å². The lowest BCUT2D eigenvalue weighted by Gasteiger charge is -2.06. The Kier molecular flexibility index (Phi) is 3.88. The van der Waals surface area contributed by atoms with Crippen LogP contribution in [0, 0.1) is 27.6 Å². The first-order valence-corrected chi connectivity index (χ1v) is 5.59. The predicted octanol–water partition coefficient (Wildman–Crippen LogP) is 3.26. The Labute approximate surface area is 116 Å². The summed E-state index contributed by atoms with van der Waals surface area (Å²) in [4.78, 5) is 21.4. The van der Waals surface area contributed by atoms with Crippen LogP contribution in [-0.2, 0) is 0 Å². The van der Waals surface area contributed by atoms with Crippen LogP contribution in [0.1, 0.15) is 10.4 Å². The zero-order valence-electron chi connectivity index (χ0n) is 10.3. The van der Waals surface area contributed by atoms with Crippen molar-refractivity contribution in [2.75, 3.05) is 5.32 Å². The van der Waals surface area contributed by atoms with Gasteiger partial charge in [-0.05, 0) is 24.3 Å². The van der Waals surface area contributed by atoms with Crippen LogP contribution in [0.15, 0.2) is 36.4 Å². The second-order valence-corrected chi connectivity index (χ2v) is 3.98. The fourth-order valence-corrected chi connectivity index (χ4v) is 1.61. The van der Waals surface area contributed by atoms with E-state index in [1.165, 1.54) is 0 Å². The Morgan fingerprint density at radius 3 is 2.48 bits per heavy atom. The summed E-state index contributed by atoms with van der Waals surface area (Å²) in [5.74, 6) is -4.62. The highest BCUT2D eigenvalue weighted by Gasteiger charge is 2.18. The number of hydrogen-bond donors (Lipinski definition) is 1. The summed E-state index contributed by atoms with van der Waals surface area (Å²) in [6, 6.07) is 5.67. The van der Waals surface area contributed by atoms with Crippen LogP contribution >= 0.6 is 0 Å². The minimum Gasteiger partial charge on any atom is -0.322 e. The van der Waals surface area contributed by atoms with E-state index in [0.717, 1.165) is 36.4 Å². The van der Waals surface area contributed by atoms with Gasteiger partial charge in [0.25, 0.3) is 5.91 Å².